The predicted octanol–water partition coefficient (Wildman–Crippen LogP) is 3.46. The van der Waals surface area contributed by atoms with E-state index in [1.807, 2.05) is 24.3 Å². The lowest BCUT2D eigenvalue weighted by Crippen LogP contribution is -2.41. The van der Waals surface area contributed by atoms with Crippen molar-refractivity contribution in [2.75, 3.05) is 11.9 Å². The van der Waals surface area contributed by atoms with E-state index in [4.69, 9.17) is 0 Å². The summed E-state index contributed by atoms with van der Waals surface area (Å²) in [6.07, 6.45) is -1.38. The zero-order valence-electron chi connectivity index (χ0n) is 14.3. The number of nitrogens with zero attached hydrogens (tertiary/aromatic N) is 1. The number of alkyl halides is 2. The molecular weight excluding hydrogens is 354 g/mol. The number of halogens is 2. The van der Waals surface area contributed by atoms with Crippen LogP contribution < -0.4 is 10.6 Å². The summed E-state index contributed by atoms with van der Waals surface area (Å²) < 4.78 is 25.4. The largest absolute Gasteiger partial charge is 0.383 e. The van der Waals surface area contributed by atoms with Crippen LogP contribution in [0.1, 0.15) is 29.8 Å². The van der Waals surface area contributed by atoms with E-state index in [2.05, 4.69) is 20.6 Å². The maximum Gasteiger partial charge on any atom is 0.319 e. The van der Waals surface area contributed by atoms with Crippen molar-refractivity contribution in [1.29, 1.82) is 0 Å². The predicted molar refractivity (Wildman–Crippen MR) is 96.7 cm³/mol. The number of aryl methyl sites for hydroxylation is 1. The van der Waals surface area contributed by atoms with Crippen molar-refractivity contribution in [2.24, 2.45) is 0 Å². The molecule has 140 valence electrons. The van der Waals surface area contributed by atoms with E-state index in [0.717, 1.165) is 17.5 Å². The number of amides is 2. The van der Waals surface area contributed by atoms with E-state index in [0.29, 0.717) is 23.1 Å². The van der Waals surface area contributed by atoms with E-state index in [-0.39, 0.29) is 6.54 Å². The molecule has 0 saturated carbocycles. The van der Waals surface area contributed by atoms with Gasteiger partial charge in [0, 0.05) is 5.69 Å². The maximum atomic E-state index is 12.7. The highest BCUT2D eigenvalue weighted by molar-refractivity contribution is 5.92. The second-order valence-corrected chi connectivity index (χ2v) is 6.65. The van der Waals surface area contributed by atoms with E-state index >= 15 is 0 Å². The summed E-state index contributed by atoms with van der Waals surface area (Å²) in [4.78, 5) is 18.5. The fourth-order valence-electron chi connectivity index (χ4n) is 3.46. The van der Waals surface area contributed by atoms with Crippen LogP contribution in [0.2, 0.25) is 0 Å². The molecule has 1 heterocycles. The summed E-state index contributed by atoms with van der Waals surface area (Å²) in [5, 5.41) is 16.1. The Morgan fingerprint density at radius 2 is 2.11 bits per heavy atom. The number of carbonyl (C=O) groups is 1. The number of urea groups is 1. The van der Waals surface area contributed by atoms with Gasteiger partial charge in [-0.05, 0) is 42.2 Å². The third-order valence-corrected chi connectivity index (χ3v) is 4.83. The number of benzene rings is 2. The standard InChI is InChI=1S/C19H18F2N4O2/c20-16(21)17-24-14-6-5-12(9-15(14)25-17)23-18(26)22-10-19(27)8-7-11-3-1-2-4-13(11)19/h1-6,9,16,27H,7-8,10H2,(H,24,25)(H2,22,23,26). The van der Waals surface area contributed by atoms with Gasteiger partial charge < -0.3 is 20.7 Å². The zero-order chi connectivity index (χ0) is 19.0. The molecule has 6 nitrogen and oxygen atoms in total. The minimum atomic E-state index is -2.69. The lowest BCUT2D eigenvalue weighted by atomic mass is 9.96. The minimum Gasteiger partial charge on any atom is -0.383 e. The zero-order valence-corrected chi connectivity index (χ0v) is 14.3. The Hall–Kier alpha value is -3.00. The lowest BCUT2D eigenvalue weighted by Gasteiger charge is -2.24. The summed E-state index contributed by atoms with van der Waals surface area (Å²) >= 11 is 0. The molecule has 0 saturated heterocycles. The van der Waals surface area contributed by atoms with Gasteiger partial charge in [-0.2, -0.15) is 0 Å². The van der Waals surface area contributed by atoms with Crippen molar-refractivity contribution in [3.8, 4) is 0 Å². The van der Waals surface area contributed by atoms with Crippen molar-refractivity contribution in [1.82, 2.24) is 15.3 Å². The Bertz CT molecular complexity index is 1000. The van der Waals surface area contributed by atoms with Gasteiger partial charge in [-0.1, -0.05) is 24.3 Å². The molecule has 2 amide bonds. The molecule has 0 aliphatic heterocycles. The van der Waals surface area contributed by atoms with Crippen LogP contribution in [-0.2, 0) is 12.0 Å². The number of anilines is 1. The molecule has 2 aromatic carbocycles. The molecule has 1 aromatic heterocycles. The fourth-order valence-corrected chi connectivity index (χ4v) is 3.46. The Balaban J connectivity index is 1.42. The number of nitrogens with one attached hydrogen (secondary N) is 3. The number of carbonyl (C=O) groups excluding carboxylic acids is 1. The van der Waals surface area contributed by atoms with Gasteiger partial charge in [0.1, 0.15) is 5.60 Å². The maximum absolute atomic E-state index is 12.7. The third kappa shape index (κ3) is 3.35. The van der Waals surface area contributed by atoms with Gasteiger partial charge in [0.05, 0.1) is 17.6 Å². The number of aliphatic hydroxyl groups is 1. The Morgan fingerprint density at radius 1 is 1.30 bits per heavy atom. The molecule has 1 atom stereocenters. The van der Waals surface area contributed by atoms with Crippen LogP contribution in [0.5, 0.6) is 0 Å². The average molecular weight is 372 g/mol. The summed E-state index contributed by atoms with van der Waals surface area (Å²) in [5.74, 6) is -0.409. The number of aromatic amines is 1. The van der Waals surface area contributed by atoms with Crippen molar-refractivity contribution in [3.05, 3.63) is 59.4 Å². The van der Waals surface area contributed by atoms with E-state index in [1.165, 1.54) is 6.07 Å². The third-order valence-electron chi connectivity index (χ3n) is 4.83. The summed E-state index contributed by atoms with van der Waals surface area (Å²) in [7, 11) is 0. The van der Waals surface area contributed by atoms with E-state index < -0.39 is 23.9 Å². The first-order chi connectivity index (χ1) is 12.9. The monoisotopic (exact) mass is 372 g/mol. The number of H-pyrrole nitrogens is 1. The molecule has 0 spiro atoms. The molecule has 4 rings (SSSR count). The van der Waals surface area contributed by atoms with Crippen LogP contribution in [0, 0.1) is 0 Å². The van der Waals surface area contributed by atoms with Gasteiger partial charge in [0.25, 0.3) is 6.43 Å². The second-order valence-electron chi connectivity index (χ2n) is 6.65. The van der Waals surface area contributed by atoms with Crippen molar-refractivity contribution >= 4 is 22.8 Å². The Labute approximate surface area is 153 Å². The molecule has 3 aromatic rings. The van der Waals surface area contributed by atoms with E-state index in [9.17, 15) is 18.7 Å². The minimum absolute atomic E-state index is 0.0810. The van der Waals surface area contributed by atoms with Crippen LogP contribution in [-0.4, -0.2) is 27.7 Å². The molecule has 0 bridgehead atoms. The van der Waals surface area contributed by atoms with Crippen molar-refractivity contribution < 1.29 is 18.7 Å². The summed E-state index contributed by atoms with van der Waals surface area (Å²) in [5.41, 5.74) is 2.07. The number of rotatable bonds is 4. The number of hydrogen-bond donors (Lipinski definition) is 4. The topological polar surface area (TPSA) is 90.0 Å². The Kier molecular flexibility index (Phi) is 4.27. The van der Waals surface area contributed by atoms with Crippen molar-refractivity contribution in [2.45, 2.75) is 24.9 Å². The number of fused-ring (bicyclic) bond motifs is 2. The number of imidazole rings is 1. The molecule has 0 radical (unpaired) electrons. The average Bonchev–Trinajstić information content (AvgIpc) is 3.22. The highest BCUT2D eigenvalue weighted by Gasteiger charge is 2.36. The summed E-state index contributed by atoms with van der Waals surface area (Å²) in [6, 6.07) is 11.8. The molecule has 1 aliphatic carbocycles. The molecule has 4 N–H and O–H groups in total. The first kappa shape index (κ1) is 17.4. The highest BCUT2D eigenvalue weighted by Crippen LogP contribution is 2.36. The van der Waals surface area contributed by atoms with Crippen LogP contribution in [0.15, 0.2) is 42.5 Å². The first-order valence-electron chi connectivity index (χ1n) is 8.58. The van der Waals surface area contributed by atoms with Gasteiger partial charge >= 0.3 is 6.03 Å². The summed E-state index contributed by atoms with van der Waals surface area (Å²) in [6.45, 7) is 0.0810. The van der Waals surface area contributed by atoms with Crippen molar-refractivity contribution in [3.63, 3.8) is 0 Å². The molecular formula is C19H18F2N4O2. The SMILES string of the molecule is O=C(NCC1(O)CCc2ccccc21)Nc1ccc2nc(C(F)F)[nH]c2c1. The quantitative estimate of drug-likeness (QED) is 0.565. The first-order valence-corrected chi connectivity index (χ1v) is 8.58. The van der Waals surface area contributed by atoms with Crippen LogP contribution in [0.4, 0.5) is 19.3 Å². The molecule has 0 fully saturated rings. The van der Waals surface area contributed by atoms with Gasteiger partial charge in [-0.15, -0.1) is 0 Å². The molecule has 1 unspecified atom stereocenters. The Morgan fingerprint density at radius 3 is 2.93 bits per heavy atom. The van der Waals surface area contributed by atoms with E-state index in [1.54, 1.807) is 12.1 Å². The lowest BCUT2D eigenvalue weighted by molar-refractivity contribution is 0.0417. The second kappa shape index (κ2) is 6.62. The van der Waals surface area contributed by atoms with Gasteiger partial charge in [0.15, 0.2) is 5.82 Å². The van der Waals surface area contributed by atoms with Gasteiger partial charge in [0.2, 0.25) is 0 Å². The molecule has 8 heteroatoms. The van der Waals surface area contributed by atoms with Crippen LogP contribution in [0.3, 0.4) is 0 Å². The fraction of sp³-hybridized carbons (Fsp3) is 0.263. The normalized spacial score (nSPS) is 18.7. The number of hydrogen-bond acceptors (Lipinski definition) is 3. The van der Waals surface area contributed by atoms with Crippen LogP contribution >= 0.6 is 0 Å². The smallest absolute Gasteiger partial charge is 0.319 e. The van der Waals surface area contributed by atoms with Crippen LogP contribution in [0.25, 0.3) is 11.0 Å². The molecule has 1 aliphatic rings. The highest BCUT2D eigenvalue weighted by atomic mass is 19.3. The van der Waals surface area contributed by atoms with Gasteiger partial charge in [-0.25, -0.2) is 18.6 Å². The molecule has 27 heavy (non-hydrogen) atoms. The van der Waals surface area contributed by atoms with Gasteiger partial charge in [-0.3, -0.25) is 0 Å². The number of aromatic nitrogens is 2.